The van der Waals surface area contributed by atoms with Crippen LogP contribution in [0.3, 0.4) is 0 Å². The summed E-state index contributed by atoms with van der Waals surface area (Å²) in [4.78, 5) is 0. The van der Waals surface area contributed by atoms with Crippen LogP contribution in [-0.4, -0.2) is 0 Å². The Morgan fingerprint density at radius 2 is 1.05 bits per heavy atom. The summed E-state index contributed by atoms with van der Waals surface area (Å²) in [7, 11) is 0. The van der Waals surface area contributed by atoms with Gasteiger partial charge in [0.2, 0.25) is 0 Å². The number of hydrogen-bond donors (Lipinski definition) is 0. The first-order valence-corrected chi connectivity index (χ1v) is 9.23. The fourth-order valence-electron chi connectivity index (χ4n) is 2.01. The summed E-state index contributed by atoms with van der Waals surface area (Å²) in [5, 5.41) is 0. The first kappa shape index (κ1) is 18.6. The molecule has 0 spiro atoms. The van der Waals surface area contributed by atoms with Gasteiger partial charge >= 0.3 is 128 Å². The molecule has 0 saturated carbocycles. The molecule has 0 radical (unpaired) electrons. The Bertz CT molecular complexity index is 331. The molecular weight excluding hydrogens is 317 g/mol. The van der Waals surface area contributed by atoms with Gasteiger partial charge in [0, 0.05) is 0 Å². The molecular formula is C18H30Ru. The summed E-state index contributed by atoms with van der Waals surface area (Å²) < 4.78 is 3.39. The van der Waals surface area contributed by atoms with Gasteiger partial charge in [-0.2, -0.15) is 0 Å². The quantitative estimate of drug-likeness (QED) is 0.353. The predicted molar refractivity (Wildman–Crippen MR) is 84.8 cm³/mol. The normalized spacial score (nSPS) is 15.3. The van der Waals surface area contributed by atoms with Crippen molar-refractivity contribution in [2.45, 2.75) is 67.2 Å². The van der Waals surface area contributed by atoms with Gasteiger partial charge in [-0.25, -0.2) is 0 Å². The van der Waals surface area contributed by atoms with Crippen molar-refractivity contribution in [1.82, 2.24) is 0 Å². The van der Waals surface area contributed by atoms with Gasteiger partial charge in [0.15, 0.2) is 0 Å². The van der Waals surface area contributed by atoms with E-state index in [1.807, 2.05) is 0 Å². The summed E-state index contributed by atoms with van der Waals surface area (Å²) in [6, 6.07) is 0. The number of rotatable bonds is 8. The Kier molecular flexibility index (Phi) is 11.2. The Morgan fingerprint density at radius 1 is 0.684 bits per heavy atom. The summed E-state index contributed by atoms with van der Waals surface area (Å²) >= 11 is 0.234. The second-order valence-electron chi connectivity index (χ2n) is 4.33. The summed E-state index contributed by atoms with van der Waals surface area (Å²) in [5.74, 6) is 0. The maximum absolute atomic E-state index is 2.31. The van der Waals surface area contributed by atoms with E-state index in [1.165, 1.54) is 12.8 Å². The average molecular weight is 348 g/mol. The van der Waals surface area contributed by atoms with Crippen molar-refractivity contribution in [3.63, 3.8) is 0 Å². The number of allylic oxidation sites excluding steroid dienone is 8. The van der Waals surface area contributed by atoms with Crippen molar-refractivity contribution in [3.05, 3.63) is 43.8 Å². The monoisotopic (exact) mass is 348 g/mol. The molecule has 0 aromatic heterocycles. The summed E-state index contributed by atoms with van der Waals surface area (Å²) in [6.45, 7) is 13.4. The van der Waals surface area contributed by atoms with Gasteiger partial charge in [0.25, 0.3) is 0 Å². The van der Waals surface area contributed by atoms with Crippen molar-refractivity contribution in [2.75, 3.05) is 0 Å². The standard InChI is InChI=1S/2C9H15.Ru/c2*1-4-7-9(6-3)8-5-2;/h2*4,7H,5-6H2,1-3H3;. The third kappa shape index (κ3) is 6.52. The van der Waals surface area contributed by atoms with Gasteiger partial charge in [-0.15, -0.1) is 0 Å². The van der Waals surface area contributed by atoms with Crippen molar-refractivity contribution >= 4 is 0 Å². The topological polar surface area (TPSA) is 0 Å². The van der Waals surface area contributed by atoms with Gasteiger partial charge in [0.05, 0.1) is 0 Å². The van der Waals surface area contributed by atoms with Gasteiger partial charge in [-0.3, -0.25) is 0 Å². The fourth-order valence-corrected chi connectivity index (χ4v) is 4.72. The second kappa shape index (κ2) is 11.4. The molecule has 0 amide bonds. The Hall–Kier alpha value is -0.417. The minimum absolute atomic E-state index is 0.234. The van der Waals surface area contributed by atoms with E-state index in [-0.39, 0.29) is 17.1 Å². The Balaban J connectivity index is 5.44. The Labute approximate surface area is 128 Å². The molecule has 0 atom stereocenters. The molecule has 0 nitrogen and oxygen atoms in total. The SMILES string of the molecule is CC=CC(CC)=[C](CC)[Ru][C](CC)=C(C=CC)CC. The first-order chi connectivity index (χ1) is 9.18. The van der Waals surface area contributed by atoms with E-state index in [1.54, 1.807) is 19.5 Å². The van der Waals surface area contributed by atoms with Crippen LogP contribution in [0.4, 0.5) is 0 Å². The van der Waals surface area contributed by atoms with Gasteiger partial charge < -0.3 is 0 Å². The average Bonchev–Trinajstić information content (AvgIpc) is 2.44. The first-order valence-electron chi connectivity index (χ1n) is 7.49. The van der Waals surface area contributed by atoms with Crippen LogP contribution >= 0.6 is 0 Å². The molecule has 0 aromatic carbocycles. The molecule has 0 aliphatic carbocycles. The van der Waals surface area contributed by atoms with E-state index in [0.717, 1.165) is 12.8 Å². The van der Waals surface area contributed by atoms with Crippen LogP contribution in [-0.2, 0) is 17.1 Å². The molecule has 0 aliphatic heterocycles. The van der Waals surface area contributed by atoms with Crippen LogP contribution in [0.25, 0.3) is 0 Å². The van der Waals surface area contributed by atoms with Crippen molar-refractivity contribution in [2.24, 2.45) is 0 Å². The molecule has 0 aliphatic rings. The zero-order valence-corrected chi connectivity index (χ0v) is 15.2. The van der Waals surface area contributed by atoms with Crippen LogP contribution in [0.15, 0.2) is 43.8 Å². The third-order valence-corrected chi connectivity index (χ3v) is 6.39. The molecule has 0 rings (SSSR count). The Morgan fingerprint density at radius 3 is 1.26 bits per heavy atom. The van der Waals surface area contributed by atoms with Crippen molar-refractivity contribution in [1.29, 1.82) is 0 Å². The van der Waals surface area contributed by atoms with Crippen molar-refractivity contribution < 1.29 is 17.1 Å². The summed E-state index contributed by atoms with van der Waals surface area (Å²) in [6.07, 6.45) is 13.7. The summed E-state index contributed by atoms with van der Waals surface area (Å²) in [5.41, 5.74) is 3.12. The van der Waals surface area contributed by atoms with Crippen LogP contribution in [0.2, 0.25) is 0 Å². The molecule has 1 heteroatoms. The second-order valence-corrected chi connectivity index (χ2v) is 6.87. The van der Waals surface area contributed by atoms with Crippen LogP contribution in [0.1, 0.15) is 67.2 Å². The van der Waals surface area contributed by atoms with E-state index in [0.29, 0.717) is 0 Å². The van der Waals surface area contributed by atoms with E-state index in [4.69, 9.17) is 0 Å². The van der Waals surface area contributed by atoms with Gasteiger partial charge in [-0.1, -0.05) is 0 Å². The molecule has 0 N–H and O–H groups in total. The molecule has 19 heavy (non-hydrogen) atoms. The van der Waals surface area contributed by atoms with Gasteiger partial charge in [0.1, 0.15) is 0 Å². The molecule has 0 fully saturated rings. The molecule has 0 aromatic rings. The van der Waals surface area contributed by atoms with Gasteiger partial charge in [-0.05, 0) is 0 Å². The van der Waals surface area contributed by atoms with Crippen molar-refractivity contribution in [3.8, 4) is 0 Å². The van der Waals surface area contributed by atoms with Crippen LogP contribution in [0.5, 0.6) is 0 Å². The zero-order chi connectivity index (χ0) is 14.7. The molecule has 0 bridgehead atoms. The molecule has 0 heterocycles. The minimum atomic E-state index is 0.234. The van der Waals surface area contributed by atoms with Crippen LogP contribution < -0.4 is 0 Å². The fraction of sp³-hybridized carbons (Fsp3) is 0.556. The van der Waals surface area contributed by atoms with E-state index < -0.39 is 0 Å². The molecule has 110 valence electrons. The molecule has 0 saturated heterocycles. The molecule has 0 unspecified atom stereocenters. The predicted octanol–water partition coefficient (Wildman–Crippen LogP) is 6.37. The maximum atomic E-state index is 2.31. The third-order valence-electron chi connectivity index (χ3n) is 3.00. The van der Waals surface area contributed by atoms with E-state index in [9.17, 15) is 0 Å². The van der Waals surface area contributed by atoms with Crippen LogP contribution in [0, 0.1) is 0 Å². The van der Waals surface area contributed by atoms with E-state index in [2.05, 4.69) is 65.8 Å². The van der Waals surface area contributed by atoms with E-state index >= 15 is 0 Å². The zero-order valence-electron chi connectivity index (χ0n) is 13.5. The number of hydrogen-bond acceptors (Lipinski definition) is 0.